The highest BCUT2D eigenvalue weighted by Crippen LogP contribution is 2.30. The van der Waals surface area contributed by atoms with E-state index in [0.29, 0.717) is 11.5 Å². The molecule has 7 heteroatoms. The van der Waals surface area contributed by atoms with E-state index in [9.17, 15) is 9.90 Å². The summed E-state index contributed by atoms with van der Waals surface area (Å²) in [7, 11) is 0. The van der Waals surface area contributed by atoms with Crippen molar-refractivity contribution in [1.82, 2.24) is 0 Å². The Morgan fingerprint density at radius 3 is 2.50 bits per heavy atom. The van der Waals surface area contributed by atoms with Crippen molar-refractivity contribution in [2.24, 2.45) is 5.73 Å². The van der Waals surface area contributed by atoms with Gasteiger partial charge in [0.2, 0.25) is 0 Å². The molecule has 0 saturated carbocycles. The van der Waals surface area contributed by atoms with Crippen molar-refractivity contribution < 1.29 is 19.7 Å². The van der Waals surface area contributed by atoms with Gasteiger partial charge in [-0.2, -0.15) is 0 Å². The first-order valence-corrected chi connectivity index (χ1v) is 8.45. The number of aromatic hydroxyl groups is 1. The number of ether oxygens (including phenoxy) is 1. The van der Waals surface area contributed by atoms with Crippen LogP contribution in [0.4, 0.5) is 0 Å². The average molecular weight is 525 g/mol. The number of aliphatic carboxylic acids is 1. The molecule has 0 aliphatic rings. The third kappa shape index (κ3) is 4.46. The Morgan fingerprint density at radius 2 is 1.91 bits per heavy atom. The van der Waals surface area contributed by atoms with Gasteiger partial charge < -0.3 is 20.7 Å². The Morgan fingerprint density at radius 1 is 1.18 bits per heavy atom. The minimum atomic E-state index is -1.02. The molecule has 1 atom stereocenters. The highest BCUT2D eigenvalue weighted by molar-refractivity contribution is 14.1. The Labute approximate surface area is 154 Å². The zero-order valence-electron chi connectivity index (χ0n) is 11.3. The predicted molar refractivity (Wildman–Crippen MR) is 99.4 cm³/mol. The maximum atomic E-state index is 10.8. The largest absolute Gasteiger partial charge is 0.508 e. The van der Waals surface area contributed by atoms with Crippen molar-refractivity contribution in [3.63, 3.8) is 0 Å². The van der Waals surface area contributed by atoms with E-state index < -0.39 is 12.0 Å². The quantitative estimate of drug-likeness (QED) is 0.522. The molecular formula is C15H13I2NO4. The van der Waals surface area contributed by atoms with Gasteiger partial charge in [-0.3, -0.25) is 4.79 Å². The van der Waals surface area contributed by atoms with Crippen molar-refractivity contribution in [2.75, 3.05) is 0 Å². The van der Waals surface area contributed by atoms with Gasteiger partial charge in [-0.1, -0.05) is 6.07 Å². The number of nitrogens with two attached hydrogens (primary N) is 1. The van der Waals surface area contributed by atoms with Crippen molar-refractivity contribution in [3.8, 4) is 17.2 Å². The maximum Gasteiger partial charge on any atom is 0.320 e. The summed E-state index contributed by atoms with van der Waals surface area (Å²) in [6, 6.07) is 9.36. The number of rotatable bonds is 5. The molecule has 1 unspecified atom stereocenters. The standard InChI is InChI=1S/C15H13I2NO4/c16-11-7-10(3-1-8(11)5-13(18)15(20)21)22-14-4-2-9(19)6-12(14)17/h1-4,6-7,13,19H,5,18H2,(H,20,21). The second kappa shape index (κ2) is 7.47. The van der Waals surface area contributed by atoms with E-state index in [1.807, 2.05) is 12.1 Å². The number of hydrogen-bond acceptors (Lipinski definition) is 4. The van der Waals surface area contributed by atoms with Gasteiger partial charge in [-0.05, 0) is 87.5 Å². The lowest BCUT2D eigenvalue weighted by molar-refractivity contribution is -0.138. The van der Waals surface area contributed by atoms with Crippen LogP contribution in [0.25, 0.3) is 0 Å². The molecule has 4 N–H and O–H groups in total. The van der Waals surface area contributed by atoms with E-state index in [2.05, 4.69) is 45.2 Å². The number of hydrogen-bond donors (Lipinski definition) is 3. The molecule has 0 aromatic heterocycles. The topological polar surface area (TPSA) is 92.8 Å². The highest BCUT2D eigenvalue weighted by Gasteiger charge is 2.14. The van der Waals surface area contributed by atoms with Gasteiger partial charge in [0.1, 0.15) is 23.3 Å². The molecule has 0 aliphatic carbocycles. The van der Waals surface area contributed by atoms with E-state index in [1.165, 1.54) is 0 Å². The lowest BCUT2D eigenvalue weighted by Crippen LogP contribution is -2.32. The van der Waals surface area contributed by atoms with E-state index >= 15 is 0 Å². The number of benzene rings is 2. The zero-order valence-corrected chi connectivity index (χ0v) is 15.6. The smallest absolute Gasteiger partial charge is 0.320 e. The van der Waals surface area contributed by atoms with Gasteiger partial charge in [0, 0.05) is 3.57 Å². The van der Waals surface area contributed by atoms with Crippen LogP contribution in [0.2, 0.25) is 0 Å². The normalized spacial score (nSPS) is 12.0. The molecule has 0 saturated heterocycles. The summed E-state index contributed by atoms with van der Waals surface area (Å²) in [5.74, 6) is 0.448. The summed E-state index contributed by atoms with van der Waals surface area (Å²) in [4.78, 5) is 10.8. The first kappa shape index (κ1) is 17.3. The van der Waals surface area contributed by atoms with Crippen molar-refractivity contribution in [2.45, 2.75) is 12.5 Å². The minimum absolute atomic E-state index is 0.185. The van der Waals surface area contributed by atoms with Crippen LogP contribution < -0.4 is 10.5 Å². The monoisotopic (exact) mass is 525 g/mol. The SMILES string of the molecule is NC(Cc1ccc(Oc2ccc(O)cc2I)cc1I)C(=O)O. The summed E-state index contributed by atoms with van der Waals surface area (Å²) in [5, 5.41) is 18.3. The number of phenolic OH excluding ortho intramolecular Hbond substituents is 1. The highest BCUT2D eigenvalue weighted by atomic mass is 127. The third-order valence-corrected chi connectivity index (χ3v) is 4.77. The summed E-state index contributed by atoms with van der Waals surface area (Å²) < 4.78 is 7.47. The summed E-state index contributed by atoms with van der Waals surface area (Å²) in [5.41, 5.74) is 6.42. The number of carbonyl (C=O) groups is 1. The van der Waals surface area contributed by atoms with E-state index in [-0.39, 0.29) is 12.2 Å². The Hall–Kier alpha value is -1.07. The third-order valence-electron chi connectivity index (χ3n) is 2.92. The molecule has 0 bridgehead atoms. The van der Waals surface area contributed by atoms with Crippen LogP contribution in [0.3, 0.4) is 0 Å². The zero-order chi connectivity index (χ0) is 16.3. The molecular weight excluding hydrogens is 512 g/mol. The average Bonchev–Trinajstić information content (AvgIpc) is 2.44. The van der Waals surface area contributed by atoms with Crippen LogP contribution in [0.5, 0.6) is 17.2 Å². The molecule has 0 spiro atoms. The van der Waals surface area contributed by atoms with Crippen LogP contribution in [0.1, 0.15) is 5.56 Å². The fourth-order valence-electron chi connectivity index (χ4n) is 1.78. The van der Waals surface area contributed by atoms with Crippen LogP contribution in [0, 0.1) is 7.14 Å². The molecule has 0 amide bonds. The number of carboxylic acids is 1. The van der Waals surface area contributed by atoms with E-state index in [4.69, 9.17) is 15.6 Å². The molecule has 0 aliphatic heterocycles. The molecule has 22 heavy (non-hydrogen) atoms. The first-order valence-electron chi connectivity index (χ1n) is 6.30. The second-order valence-corrected chi connectivity index (χ2v) is 6.94. The molecule has 0 heterocycles. The van der Waals surface area contributed by atoms with Crippen molar-refractivity contribution in [1.29, 1.82) is 0 Å². The molecule has 0 fully saturated rings. The molecule has 116 valence electrons. The summed E-state index contributed by atoms with van der Waals surface area (Å²) in [6.07, 6.45) is 0.268. The summed E-state index contributed by atoms with van der Waals surface area (Å²) >= 11 is 4.21. The van der Waals surface area contributed by atoms with Gasteiger partial charge in [0.15, 0.2) is 0 Å². The molecule has 0 radical (unpaired) electrons. The molecule has 5 nitrogen and oxygen atoms in total. The van der Waals surface area contributed by atoms with Crippen LogP contribution in [-0.2, 0) is 11.2 Å². The number of phenols is 1. The van der Waals surface area contributed by atoms with Gasteiger partial charge in [-0.25, -0.2) is 0 Å². The Kier molecular flexibility index (Phi) is 5.87. The van der Waals surface area contributed by atoms with E-state index in [0.717, 1.165) is 12.7 Å². The molecule has 2 aromatic carbocycles. The maximum absolute atomic E-state index is 10.8. The van der Waals surface area contributed by atoms with Gasteiger partial charge >= 0.3 is 5.97 Å². The second-order valence-electron chi connectivity index (χ2n) is 4.62. The Balaban J connectivity index is 2.17. The fraction of sp³-hybridized carbons (Fsp3) is 0.133. The number of halogens is 2. The summed E-state index contributed by atoms with van der Waals surface area (Å²) in [6.45, 7) is 0. The van der Waals surface area contributed by atoms with Crippen molar-refractivity contribution >= 4 is 51.2 Å². The fourth-order valence-corrected chi connectivity index (χ4v) is 3.10. The van der Waals surface area contributed by atoms with Crippen molar-refractivity contribution in [3.05, 3.63) is 49.1 Å². The van der Waals surface area contributed by atoms with Gasteiger partial charge in [0.05, 0.1) is 3.57 Å². The number of carboxylic acid groups (broad SMARTS) is 1. The molecule has 2 aromatic rings. The predicted octanol–water partition coefficient (Wildman–Crippen LogP) is 3.35. The van der Waals surface area contributed by atoms with Crippen LogP contribution in [0.15, 0.2) is 36.4 Å². The lowest BCUT2D eigenvalue weighted by Gasteiger charge is -2.12. The minimum Gasteiger partial charge on any atom is -0.508 e. The van der Waals surface area contributed by atoms with E-state index in [1.54, 1.807) is 24.3 Å². The van der Waals surface area contributed by atoms with Gasteiger partial charge in [-0.15, -0.1) is 0 Å². The lowest BCUT2D eigenvalue weighted by atomic mass is 10.1. The van der Waals surface area contributed by atoms with Crippen LogP contribution in [-0.4, -0.2) is 22.2 Å². The van der Waals surface area contributed by atoms with Gasteiger partial charge in [0.25, 0.3) is 0 Å². The van der Waals surface area contributed by atoms with Crippen LogP contribution >= 0.6 is 45.2 Å². The molecule has 2 rings (SSSR count). The Bertz CT molecular complexity index is 706. The first-order chi connectivity index (χ1) is 10.4.